The van der Waals surface area contributed by atoms with Gasteiger partial charge in [0, 0.05) is 19.5 Å². The molecule has 0 aromatic heterocycles. The molecule has 31 heavy (non-hydrogen) atoms. The molecule has 1 atom stereocenters. The molecule has 0 saturated heterocycles. The largest absolute Gasteiger partial charge is 0.455 e. The Kier molecular flexibility index (Phi) is 5.93. The van der Waals surface area contributed by atoms with Crippen LogP contribution in [0.15, 0.2) is 65.9 Å². The zero-order valence-electron chi connectivity index (χ0n) is 17.2. The van der Waals surface area contributed by atoms with Crippen molar-refractivity contribution >= 4 is 29.6 Å². The number of fused-ring (bicyclic) bond motifs is 1. The van der Waals surface area contributed by atoms with E-state index in [-0.39, 0.29) is 24.8 Å². The Morgan fingerprint density at radius 1 is 1.06 bits per heavy atom. The monoisotopic (exact) mass is 417 g/mol. The van der Waals surface area contributed by atoms with E-state index in [0.29, 0.717) is 13.0 Å². The van der Waals surface area contributed by atoms with Crippen molar-refractivity contribution in [3.63, 3.8) is 0 Å². The smallest absolute Gasteiger partial charge is 0.308 e. The van der Waals surface area contributed by atoms with E-state index >= 15 is 0 Å². The number of carbonyl (C=O) groups excluding carboxylic acids is 3. The molecule has 7 heteroatoms. The Hall–Kier alpha value is -3.74. The Labute approximate surface area is 180 Å². The first-order valence-corrected chi connectivity index (χ1v) is 10.2. The van der Waals surface area contributed by atoms with Crippen LogP contribution in [-0.2, 0) is 19.1 Å². The van der Waals surface area contributed by atoms with Crippen molar-refractivity contribution < 1.29 is 19.1 Å². The van der Waals surface area contributed by atoms with Crippen molar-refractivity contribution in [3.8, 4) is 0 Å². The lowest BCUT2D eigenvalue weighted by molar-refractivity contribution is -0.153. The number of nitrogens with zero attached hydrogens (tertiary/aromatic N) is 3. The molecule has 4 rings (SSSR count). The Bertz CT molecular complexity index is 1060. The van der Waals surface area contributed by atoms with E-state index in [1.165, 1.54) is 16.8 Å². The fraction of sp³-hybridized carbons (Fsp3) is 0.250. The summed E-state index contributed by atoms with van der Waals surface area (Å²) in [5.41, 5.74) is 3.64. The molecule has 2 amide bonds. The van der Waals surface area contributed by atoms with Crippen LogP contribution in [0.1, 0.15) is 42.5 Å². The fourth-order valence-electron chi connectivity index (χ4n) is 3.82. The maximum Gasteiger partial charge on any atom is 0.308 e. The van der Waals surface area contributed by atoms with E-state index in [1.807, 2.05) is 60.7 Å². The maximum atomic E-state index is 12.5. The van der Waals surface area contributed by atoms with E-state index in [2.05, 4.69) is 5.10 Å². The summed E-state index contributed by atoms with van der Waals surface area (Å²) >= 11 is 0. The van der Waals surface area contributed by atoms with Gasteiger partial charge in [0.15, 0.2) is 6.61 Å². The average Bonchev–Trinajstić information content (AvgIpc) is 3.28. The topological polar surface area (TPSA) is 79.3 Å². The van der Waals surface area contributed by atoms with Gasteiger partial charge >= 0.3 is 5.97 Å². The van der Waals surface area contributed by atoms with Gasteiger partial charge < -0.3 is 9.64 Å². The van der Waals surface area contributed by atoms with Crippen molar-refractivity contribution in [2.75, 3.05) is 13.2 Å². The number of hydrogen-bond acceptors (Lipinski definition) is 5. The summed E-state index contributed by atoms with van der Waals surface area (Å²) in [5.74, 6) is -1.08. The highest BCUT2D eigenvalue weighted by Crippen LogP contribution is 2.33. The minimum Gasteiger partial charge on any atom is -0.455 e. The molecule has 0 N–H and O–H groups in total. The van der Waals surface area contributed by atoms with Gasteiger partial charge in [-0.3, -0.25) is 14.4 Å². The van der Waals surface area contributed by atoms with E-state index in [1.54, 1.807) is 6.20 Å². The summed E-state index contributed by atoms with van der Waals surface area (Å²) in [6, 6.07) is 16.8. The van der Waals surface area contributed by atoms with Crippen molar-refractivity contribution in [2.45, 2.75) is 25.8 Å². The number of esters is 1. The molecule has 158 valence electrons. The maximum absolute atomic E-state index is 12.5. The zero-order chi connectivity index (χ0) is 21.8. The third-order valence-electron chi connectivity index (χ3n) is 5.38. The van der Waals surface area contributed by atoms with Crippen LogP contribution in [-0.4, -0.2) is 46.6 Å². The molecule has 2 aromatic carbocycles. The SMILES string of the molecule is CC(=O)N1C=Cc2ccccc2[C@H]1CC(=O)OCC(=O)N1CCC(c2ccccc2)=N1. The second-order valence-corrected chi connectivity index (χ2v) is 7.43. The van der Waals surface area contributed by atoms with Crippen LogP contribution >= 0.6 is 0 Å². The van der Waals surface area contributed by atoms with Gasteiger partial charge in [-0.05, 0) is 22.8 Å². The predicted molar refractivity (Wildman–Crippen MR) is 116 cm³/mol. The molecule has 0 aliphatic carbocycles. The molecule has 0 unspecified atom stereocenters. The molecule has 2 heterocycles. The molecule has 2 aliphatic heterocycles. The van der Waals surface area contributed by atoms with Gasteiger partial charge in [-0.2, -0.15) is 5.10 Å². The van der Waals surface area contributed by atoms with Crippen molar-refractivity contribution in [2.24, 2.45) is 5.10 Å². The highest BCUT2D eigenvalue weighted by molar-refractivity contribution is 6.02. The quantitative estimate of drug-likeness (QED) is 0.700. The molecule has 0 saturated carbocycles. The van der Waals surface area contributed by atoms with E-state index in [4.69, 9.17) is 4.74 Å². The number of hydrogen-bond donors (Lipinski definition) is 0. The Morgan fingerprint density at radius 3 is 2.58 bits per heavy atom. The van der Waals surface area contributed by atoms with E-state index < -0.39 is 12.0 Å². The van der Waals surface area contributed by atoms with Crippen LogP contribution in [0.2, 0.25) is 0 Å². The number of benzene rings is 2. The third-order valence-corrected chi connectivity index (χ3v) is 5.38. The van der Waals surface area contributed by atoms with Gasteiger partial charge in [0.1, 0.15) is 0 Å². The molecular formula is C24H23N3O4. The van der Waals surface area contributed by atoms with Gasteiger partial charge in [-0.1, -0.05) is 54.6 Å². The lowest BCUT2D eigenvalue weighted by atomic mass is 9.94. The number of rotatable bonds is 5. The second kappa shape index (κ2) is 8.95. The zero-order valence-corrected chi connectivity index (χ0v) is 17.2. The molecule has 0 spiro atoms. The Balaban J connectivity index is 1.37. The first-order chi connectivity index (χ1) is 15.0. The van der Waals surface area contributed by atoms with Gasteiger partial charge in [0.05, 0.1) is 24.7 Å². The molecule has 0 bridgehead atoms. The number of carbonyl (C=O) groups is 3. The highest BCUT2D eigenvalue weighted by atomic mass is 16.5. The molecule has 7 nitrogen and oxygen atoms in total. The van der Waals surface area contributed by atoms with Crippen molar-refractivity contribution in [3.05, 3.63) is 77.5 Å². The van der Waals surface area contributed by atoms with Crippen molar-refractivity contribution in [1.82, 2.24) is 9.91 Å². The van der Waals surface area contributed by atoms with E-state index in [9.17, 15) is 14.4 Å². The van der Waals surface area contributed by atoms with Crippen LogP contribution in [0.4, 0.5) is 0 Å². The van der Waals surface area contributed by atoms with Crippen LogP contribution in [0.25, 0.3) is 6.08 Å². The summed E-state index contributed by atoms with van der Waals surface area (Å²) in [4.78, 5) is 38.5. The predicted octanol–water partition coefficient (Wildman–Crippen LogP) is 3.13. The lowest BCUT2D eigenvalue weighted by Crippen LogP contribution is -2.33. The minimum atomic E-state index is -0.541. The van der Waals surface area contributed by atoms with Gasteiger partial charge in [-0.15, -0.1) is 0 Å². The van der Waals surface area contributed by atoms with Gasteiger partial charge in [0.2, 0.25) is 5.91 Å². The first-order valence-electron chi connectivity index (χ1n) is 10.2. The van der Waals surface area contributed by atoms with Crippen molar-refractivity contribution in [1.29, 1.82) is 0 Å². The minimum absolute atomic E-state index is 0.0350. The van der Waals surface area contributed by atoms with Crippen LogP contribution in [0, 0.1) is 0 Å². The summed E-state index contributed by atoms with van der Waals surface area (Å²) in [6.07, 6.45) is 4.14. The standard InChI is InChI=1S/C24H23N3O4/c1-17(28)26-13-11-18-7-5-6-10-20(18)22(26)15-24(30)31-16-23(29)27-14-12-21(25-27)19-8-3-2-4-9-19/h2-11,13,22H,12,14-16H2,1H3/t22-/m1/s1. The summed E-state index contributed by atoms with van der Waals surface area (Å²) in [5, 5.41) is 5.71. The summed E-state index contributed by atoms with van der Waals surface area (Å²) < 4.78 is 5.24. The van der Waals surface area contributed by atoms with Gasteiger partial charge in [0.25, 0.3) is 5.91 Å². The number of hydrazone groups is 1. The number of ether oxygens (including phenoxy) is 1. The van der Waals surface area contributed by atoms with Crippen LogP contribution < -0.4 is 0 Å². The Morgan fingerprint density at radius 2 is 1.81 bits per heavy atom. The molecule has 0 radical (unpaired) electrons. The van der Waals surface area contributed by atoms with E-state index in [0.717, 1.165) is 22.4 Å². The number of amides is 2. The lowest BCUT2D eigenvalue weighted by Gasteiger charge is -2.32. The summed E-state index contributed by atoms with van der Waals surface area (Å²) in [7, 11) is 0. The normalized spacial score (nSPS) is 17.2. The molecular weight excluding hydrogens is 394 g/mol. The molecule has 2 aliphatic rings. The fourth-order valence-corrected chi connectivity index (χ4v) is 3.82. The summed E-state index contributed by atoms with van der Waals surface area (Å²) in [6.45, 7) is 1.53. The van der Waals surface area contributed by atoms with Crippen LogP contribution in [0.5, 0.6) is 0 Å². The highest BCUT2D eigenvalue weighted by Gasteiger charge is 2.29. The third kappa shape index (κ3) is 4.55. The average molecular weight is 417 g/mol. The molecule has 0 fully saturated rings. The second-order valence-electron chi connectivity index (χ2n) is 7.43. The van der Waals surface area contributed by atoms with Crippen LogP contribution in [0.3, 0.4) is 0 Å². The van der Waals surface area contributed by atoms with Gasteiger partial charge in [-0.25, -0.2) is 5.01 Å². The first kappa shape index (κ1) is 20.5. The molecule has 2 aromatic rings.